The van der Waals surface area contributed by atoms with Crippen molar-refractivity contribution in [3.8, 4) is 0 Å². The van der Waals surface area contributed by atoms with Crippen LogP contribution in [0.4, 0.5) is 24.7 Å². The fourth-order valence-corrected chi connectivity index (χ4v) is 1.47. The van der Waals surface area contributed by atoms with Gasteiger partial charge in [0.05, 0.1) is 0 Å². The van der Waals surface area contributed by atoms with Crippen LogP contribution < -0.4 is 10.6 Å². The maximum atomic E-state index is 11.8. The second kappa shape index (κ2) is 5.83. The summed E-state index contributed by atoms with van der Waals surface area (Å²) in [5.74, 6) is 0.661. The van der Waals surface area contributed by atoms with Crippen LogP contribution in [0.25, 0.3) is 0 Å². The molecule has 0 saturated heterocycles. The van der Waals surface area contributed by atoms with Gasteiger partial charge in [-0.15, -0.1) is 0 Å². The molecule has 1 heterocycles. The molecule has 0 aliphatic carbocycles. The normalized spacial score (nSPS) is 11.2. The van der Waals surface area contributed by atoms with Gasteiger partial charge in [-0.05, 0) is 17.8 Å². The molecule has 16 heavy (non-hydrogen) atoms. The van der Waals surface area contributed by atoms with E-state index >= 15 is 0 Å². The van der Waals surface area contributed by atoms with E-state index in [1.807, 2.05) is 0 Å². The van der Waals surface area contributed by atoms with Gasteiger partial charge in [0, 0.05) is 37.3 Å². The van der Waals surface area contributed by atoms with Crippen molar-refractivity contribution in [2.45, 2.75) is 5.51 Å². The van der Waals surface area contributed by atoms with Crippen LogP contribution >= 0.6 is 11.8 Å². The monoisotopic (exact) mass is 251 g/mol. The zero-order valence-electron chi connectivity index (χ0n) is 8.64. The molecule has 0 aliphatic heterocycles. The number of thioether (sulfide) groups is 1. The lowest BCUT2D eigenvalue weighted by molar-refractivity contribution is -0.0327. The highest BCUT2D eigenvalue weighted by atomic mass is 32.2. The number of nitrogens with zero attached hydrogens (tertiary/aromatic N) is 1. The molecular formula is C9H12F3N3S. The molecule has 1 rings (SSSR count). The summed E-state index contributed by atoms with van der Waals surface area (Å²) in [5.41, 5.74) is -3.40. The summed E-state index contributed by atoms with van der Waals surface area (Å²) in [7, 11) is 1.73. The molecule has 7 heteroatoms. The van der Waals surface area contributed by atoms with Gasteiger partial charge >= 0.3 is 5.51 Å². The molecule has 0 aliphatic rings. The van der Waals surface area contributed by atoms with Crippen molar-refractivity contribution < 1.29 is 13.2 Å². The number of aromatic nitrogens is 1. The first-order chi connectivity index (χ1) is 7.51. The SMILES string of the molecule is CNc1cc(NCCSC(F)(F)F)ccn1. The van der Waals surface area contributed by atoms with Crippen LogP contribution in [-0.4, -0.2) is 29.8 Å². The standard InChI is InChI=1S/C9H12F3N3S/c1-13-8-6-7(2-3-15-8)14-4-5-16-9(10,11)12/h2-3,6H,4-5H2,1H3,(H2,13,14,15). The van der Waals surface area contributed by atoms with Crippen molar-refractivity contribution in [3.63, 3.8) is 0 Å². The molecule has 0 unspecified atom stereocenters. The van der Waals surface area contributed by atoms with Crippen LogP contribution in [-0.2, 0) is 0 Å². The number of anilines is 2. The Morgan fingerprint density at radius 1 is 1.44 bits per heavy atom. The Morgan fingerprint density at radius 2 is 2.19 bits per heavy atom. The van der Waals surface area contributed by atoms with E-state index in [1.165, 1.54) is 0 Å². The fraction of sp³-hybridized carbons (Fsp3) is 0.444. The van der Waals surface area contributed by atoms with Gasteiger partial charge < -0.3 is 10.6 Å². The largest absolute Gasteiger partial charge is 0.441 e. The van der Waals surface area contributed by atoms with E-state index in [0.29, 0.717) is 5.82 Å². The van der Waals surface area contributed by atoms with Crippen LogP contribution in [0.2, 0.25) is 0 Å². The molecule has 0 amide bonds. The van der Waals surface area contributed by atoms with Gasteiger partial charge in [-0.3, -0.25) is 0 Å². The quantitative estimate of drug-likeness (QED) is 0.789. The summed E-state index contributed by atoms with van der Waals surface area (Å²) in [5, 5.41) is 5.74. The predicted octanol–water partition coefficient (Wildman–Crippen LogP) is 2.79. The van der Waals surface area contributed by atoms with Crippen LogP contribution in [0.15, 0.2) is 18.3 Å². The van der Waals surface area contributed by atoms with Crippen LogP contribution in [0.5, 0.6) is 0 Å². The Balaban J connectivity index is 2.32. The third kappa shape index (κ3) is 5.11. The second-order valence-electron chi connectivity index (χ2n) is 2.90. The van der Waals surface area contributed by atoms with Gasteiger partial charge in [0.2, 0.25) is 0 Å². The number of halogens is 3. The first-order valence-corrected chi connectivity index (χ1v) is 5.58. The van der Waals surface area contributed by atoms with Gasteiger partial charge in [-0.25, -0.2) is 4.98 Å². The minimum atomic E-state index is -4.16. The average Bonchev–Trinajstić information content (AvgIpc) is 2.23. The summed E-state index contributed by atoms with van der Waals surface area (Å²) < 4.78 is 35.4. The van der Waals surface area contributed by atoms with Crippen LogP contribution in [0.3, 0.4) is 0 Å². The predicted molar refractivity (Wildman–Crippen MR) is 60.8 cm³/mol. The summed E-state index contributed by atoms with van der Waals surface area (Å²) in [6.45, 7) is 0.261. The van der Waals surface area contributed by atoms with Gasteiger partial charge in [0.15, 0.2) is 0 Å². The fourth-order valence-electron chi connectivity index (χ4n) is 1.04. The Kier molecular flexibility index (Phi) is 4.72. The number of nitrogens with one attached hydrogen (secondary N) is 2. The summed E-state index contributed by atoms with van der Waals surface area (Å²) in [6.07, 6.45) is 1.59. The van der Waals surface area contributed by atoms with E-state index < -0.39 is 5.51 Å². The van der Waals surface area contributed by atoms with E-state index in [0.717, 1.165) is 5.69 Å². The smallest absolute Gasteiger partial charge is 0.384 e. The lowest BCUT2D eigenvalue weighted by Crippen LogP contribution is -2.09. The van der Waals surface area contributed by atoms with Gasteiger partial charge in [0.25, 0.3) is 0 Å². The van der Waals surface area contributed by atoms with Crippen molar-refractivity contribution in [1.82, 2.24) is 4.98 Å². The zero-order valence-corrected chi connectivity index (χ0v) is 9.45. The molecule has 0 fully saturated rings. The minimum absolute atomic E-state index is 0.0132. The molecular weight excluding hydrogens is 239 g/mol. The van der Waals surface area contributed by atoms with Crippen molar-refractivity contribution in [2.24, 2.45) is 0 Å². The minimum Gasteiger partial charge on any atom is -0.384 e. The molecule has 0 atom stereocenters. The number of pyridine rings is 1. The molecule has 1 aromatic rings. The van der Waals surface area contributed by atoms with E-state index in [2.05, 4.69) is 15.6 Å². The molecule has 90 valence electrons. The Labute approximate surface area is 95.8 Å². The Morgan fingerprint density at radius 3 is 2.81 bits per heavy atom. The third-order valence-corrected chi connectivity index (χ3v) is 2.45. The highest BCUT2D eigenvalue weighted by molar-refractivity contribution is 8.00. The molecule has 3 nitrogen and oxygen atoms in total. The van der Waals surface area contributed by atoms with Crippen molar-refractivity contribution in [1.29, 1.82) is 0 Å². The average molecular weight is 251 g/mol. The van der Waals surface area contributed by atoms with Gasteiger partial charge in [0.1, 0.15) is 5.82 Å². The van der Waals surface area contributed by atoms with Crippen molar-refractivity contribution >= 4 is 23.3 Å². The number of alkyl halides is 3. The maximum absolute atomic E-state index is 11.8. The first kappa shape index (κ1) is 13.0. The lowest BCUT2D eigenvalue weighted by Gasteiger charge is -2.08. The van der Waals surface area contributed by atoms with Gasteiger partial charge in [-0.1, -0.05) is 0 Å². The van der Waals surface area contributed by atoms with Crippen molar-refractivity contribution in [3.05, 3.63) is 18.3 Å². The Bertz CT molecular complexity index is 330. The lowest BCUT2D eigenvalue weighted by atomic mass is 10.4. The highest BCUT2D eigenvalue weighted by Gasteiger charge is 2.27. The zero-order chi connectivity index (χ0) is 12.0. The molecule has 0 aromatic carbocycles. The maximum Gasteiger partial charge on any atom is 0.441 e. The molecule has 0 radical (unpaired) electrons. The van der Waals surface area contributed by atoms with Crippen LogP contribution in [0.1, 0.15) is 0 Å². The first-order valence-electron chi connectivity index (χ1n) is 4.59. The van der Waals surface area contributed by atoms with Crippen LogP contribution in [0, 0.1) is 0 Å². The number of hydrogen-bond acceptors (Lipinski definition) is 4. The van der Waals surface area contributed by atoms with E-state index in [1.54, 1.807) is 25.4 Å². The highest BCUT2D eigenvalue weighted by Crippen LogP contribution is 2.29. The molecule has 2 N–H and O–H groups in total. The molecule has 0 bridgehead atoms. The van der Waals surface area contributed by atoms with E-state index in [4.69, 9.17) is 0 Å². The molecule has 1 aromatic heterocycles. The number of hydrogen-bond donors (Lipinski definition) is 2. The van der Waals surface area contributed by atoms with E-state index in [-0.39, 0.29) is 24.1 Å². The molecule has 0 spiro atoms. The summed E-state index contributed by atoms with van der Waals surface area (Å²) in [4.78, 5) is 3.99. The van der Waals surface area contributed by atoms with Gasteiger partial charge in [-0.2, -0.15) is 13.2 Å². The Hall–Kier alpha value is -1.11. The topological polar surface area (TPSA) is 37.0 Å². The second-order valence-corrected chi connectivity index (χ2v) is 4.06. The third-order valence-electron chi connectivity index (χ3n) is 1.71. The molecule has 0 saturated carbocycles. The summed E-state index contributed by atoms with van der Waals surface area (Å²) in [6, 6.07) is 3.44. The van der Waals surface area contributed by atoms with E-state index in [9.17, 15) is 13.2 Å². The van der Waals surface area contributed by atoms with Crippen molar-refractivity contribution in [2.75, 3.05) is 30.0 Å². The number of rotatable bonds is 5. The summed E-state index contributed by atoms with van der Waals surface area (Å²) >= 11 is -0.0310.